The highest BCUT2D eigenvalue weighted by Gasteiger charge is 2.58. The molecule has 1 heterocycles. The average molecular weight is 469 g/mol. The fourth-order valence-corrected chi connectivity index (χ4v) is 4.40. The Morgan fingerprint density at radius 2 is 1.44 bits per heavy atom. The van der Waals surface area contributed by atoms with Gasteiger partial charge in [0.05, 0.1) is 12.6 Å². The lowest BCUT2D eigenvalue weighted by atomic mass is 9.77. The van der Waals surface area contributed by atoms with Gasteiger partial charge in [0, 0.05) is 17.5 Å². The molecule has 0 unspecified atom stereocenters. The first-order valence-electron chi connectivity index (χ1n) is 10.8. The van der Waals surface area contributed by atoms with E-state index in [-0.39, 0.29) is 29.7 Å². The fourth-order valence-electron chi connectivity index (χ4n) is 4.40. The van der Waals surface area contributed by atoms with Crippen molar-refractivity contribution in [3.63, 3.8) is 0 Å². The molecule has 34 heavy (non-hydrogen) atoms. The zero-order valence-electron chi connectivity index (χ0n) is 18.3. The van der Waals surface area contributed by atoms with Gasteiger partial charge in [-0.25, -0.2) is 18.0 Å². The van der Waals surface area contributed by atoms with Crippen LogP contribution in [0.15, 0.2) is 72.8 Å². The van der Waals surface area contributed by atoms with Crippen LogP contribution in [0.3, 0.4) is 0 Å². The van der Waals surface area contributed by atoms with E-state index >= 15 is 8.78 Å². The number of halogens is 3. The molecule has 4 rings (SSSR count). The highest BCUT2D eigenvalue weighted by atomic mass is 19.1. The van der Waals surface area contributed by atoms with Crippen molar-refractivity contribution in [2.45, 2.75) is 25.0 Å². The van der Waals surface area contributed by atoms with Gasteiger partial charge in [-0.1, -0.05) is 54.6 Å². The topological polar surface area (TPSA) is 55.8 Å². The first-order valence-corrected chi connectivity index (χ1v) is 10.8. The first-order chi connectivity index (χ1) is 16.4. The molecular weight excluding hydrogens is 447 g/mol. The molecule has 0 N–H and O–H groups in total. The summed E-state index contributed by atoms with van der Waals surface area (Å²) in [6.45, 7) is 1.15. The fraction of sp³-hybridized carbons (Fsp3) is 0.231. The van der Waals surface area contributed by atoms with Crippen LogP contribution in [-0.2, 0) is 26.3 Å². The van der Waals surface area contributed by atoms with Gasteiger partial charge >= 0.3 is 12.1 Å². The average Bonchev–Trinajstić information content (AvgIpc) is 3.08. The van der Waals surface area contributed by atoms with Crippen molar-refractivity contribution in [1.82, 2.24) is 4.90 Å². The number of carbonyl (C=O) groups is 2. The second kappa shape index (κ2) is 9.59. The number of cyclic esters (lactones) is 1. The Morgan fingerprint density at radius 3 is 1.97 bits per heavy atom. The maximum absolute atomic E-state index is 15.2. The molecule has 1 amide bonds. The molecular formula is C26H22F3NO4. The number of esters is 1. The summed E-state index contributed by atoms with van der Waals surface area (Å²) in [6.07, 6.45) is -1.15. The lowest BCUT2D eigenvalue weighted by Gasteiger charge is -2.36. The minimum absolute atomic E-state index is 0.0749. The molecule has 0 aliphatic carbocycles. The molecule has 0 aromatic heterocycles. The SMILES string of the molecule is CCOC(=O)CN1C(=O)OC(c2ccccc2F)(c2ccccc2F)[C@@H]1Cc1ccccc1F. The molecule has 1 saturated heterocycles. The van der Waals surface area contributed by atoms with E-state index in [1.165, 1.54) is 66.7 Å². The van der Waals surface area contributed by atoms with Gasteiger partial charge in [-0.2, -0.15) is 0 Å². The van der Waals surface area contributed by atoms with Crippen LogP contribution in [0.4, 0.5) is 18.0 Å². The molecule has 3 aromatic rings. The second-order valence-corrected chi connectivity index (χ2v) is 7.81. The van der Waals surface area contributed by atoms with E-state index in [1.54, 1.807) is 13.0 Å². The highest BCUT2D eigenvalue weighted by Crippen LogP contribution is 2.47. The number of benzene rings is 3. The monoisotopic (exact) mass is 469 g/mol. The molecule has 3 aromatic carbocycles. The Kier molecular flexibility index (Phi) is 6.58. The van der Waals surface area contributed by atoms with E-state index in [9.17, 15) is 14.0 Å². The third-order valence-electron chi connectivity index (χ3n) is 5.85. The molecule has 5 nitrogen and oxygen atoms in total. The van der Waals surface area contributed by atoms with Crippen molar-refractivity contribution >= 4 is 12.1 Å². The number of hydrogen-bond acceptors (Lipinski definition) is 4. The maximum atomic E-state index is 15.2. The van der Waals surface area contributed by atoms with Crippen molar-refractivity contribution in [1.29, 1.82) is 0 Å². The number of rotatable bonds is 7. The van der Waals surface area contributed by atoms with E-state index in [0.717, 1.165) is 4.90 Å². The molecule has 1 aliphatic rings. The summed E-state index contributed by atoms with van der Waals surface area (Å²) in [5.41, 5.74) is -2.03. The van der Waals surface area contributed by atoms with Gasteiger partial charge in [0.25, 0.3) is 0 Å². The summed E-state index contributed by atoms with van der Waals surface area (Å²) in [5.74, 6) is -2.77. The Morgan fingerprint density at radius 1 is 0.912 bits per heavy atom. The van der Waals surface area contributed by atoms with E-state index < -0.39 is 47.7 Å². The van der Waals surface area contributed by atoms with Gasteiger partial charge in [-0.05, 0) is 30.7 Å². The highest BCUT2D eigenvalue weighted by molar-refractivity contribution is 5.81. The maximum Gasteiger partial charge on any atom is 0.412 e. The zero-order valence-corrected chi connectivity index (χ0v) is 18.3. The normalized spacial score (nSPS) is 16.9. The van der Waals surface area contributed by atoms with Gasteiger partial charge in [0.15, 0.2) is 5.60 Å². The number of nitrogens with zero attached hydrogens (tertiary/aromatic N) is 1. The molecule has 0 spiro atoms. The summed E-state index contributed by atoms with van der Waals surface area (Å²) < 4.78 is 55.9. The summed E-state index contributed by atoms with van der Waals surface area (Å²) in [7, 11) is 0. The van der Waals surface area contributed by atoms with Gasteiger partial charge in [0.1, 0.15) is 24.0 Å². The summed E-state index contributed by atoms with van der Waals surface area (Å²) in [6, 6.07) is 15.8. The predicted molar refractivity (Wildman–Crippen MR) is 117 cm³/mol. The standard InChI is InChI=1S/C26H22F3NO4/c1-2-33-24(31)16-30-23(15-17-9-3-6-12-20(17)27)26(34-25(30)32,18-10-4-7-13-21(18)28)19-11-5-8-14-22(19)29/h3-14,23H,2,15-16H2,1H3/t23-/m0/s1. The smallest absolute Gasteiger partial charge is 0.412 e. The van der Waals surface area contributed by atoms with Gasteiger partial charge in [-0.15, -0.1) is 0 Å². The molecule has 1 fully saturated rings. The van der Waals surface area contributed by atoms with Gasteiger partial charge in [-0.3, -0.25) is 9.69 Å². The van der Waals surface area contributed by atoms with Crippen LogP contribution >= 0.6 is 0 Å². The Balaban J connectivity index is 1.96. The molecule has 1 aliphatic heterocycles. The van der Waals surface area contributed by atoms with Crippen molar-refractivity contribution < 1.29 is 32.2 Å². The first kappa shape index (κ1) is 23.4. The lowest BCUT2D eigenvalue weighted by molar-refractivity contribution is -0.144. The summed E-state index contributed by atoms with van der Waals surface area (Å²) in [4.78, 5) is 26.5. The van der Waals surface area contributed by atoms with E-state index in [4.69, 9.17) is 9.47 Å². The Bertz CT molecular complexity index is 1170. The largest absolute Gasteiger partial charge is 0.465 e. The Hall–Kier alpha value is -3.81. The Labute approximate surface area is 194 Å². The molecule has 0 bridgehead atoms. The predicted octanol–water partition coefficient (Wildman–Crippen LogP) is 4.97. The minimum atomic E-state index is -2.00. The van der Waals surface area contributed by atoms with E-state index in [0.29, 0.717) is 0 Å². The van der Waals surface area contributed by atoms with Crippen molar-refractivity contribution in [3.05, 3.63) is 107 Å². The van der Waals surface area contributed by atoms with Crippen LogP contribution in [0.2, 0.25) is 0 Å². The van der Waals surface area contributed by atoms with E-state index in [2.05, 4.69) is 0 Å². The molecule has 1 atom stereocenters. The van der Waals surface area contributed by atoms with Crippen LogP contribution in [0.1, 0.15) is 23.6 Å². The number of amides is 1. The van der Waals surface area contributed by atoms with E-state index in [1.807, 2.05) is 0 Å². The van der Waals surface area contributed by atoms with Crippen molar-refractivity contribution in [2.75, 3.05) is 13.2 Å². The quantitative estimate of drug-likeness (QED) is 0.459. The number of carbonyl (C=O) groups excluding carboxylic acids is 2. The van der Waals surface area contributed by atoms with Crippen LogP contribution < -0.4 is 0 Å². The number of ether oxygens (including phenoxy) is 2. The van der Waals surface area contributed by atoms with Crippen LogP contribution in [0, 0.1) is 17.5 Å². The molecule has 0 saturated carbocycles. The third-order valence-corrected chi connectivity index (χ3v) is 5.85. The van der Waals surface area contributed by atoms with Crippen LogP contribution in [0.25, 0.3) is 0 Å². The third kappa shape index (κ3) is 4.11. The van der Waals surface area contributed by atoms with Crippen molar-refractivity contribution in [3.8, 4) is 0 Å². The summed E-state index contributed by atoms with van der Waals surface area (Å²) >= 11 is 0. The second-order valence-electron chi connectivity index (χ2n) is 7.81. The number of hydrogen-bond donors (Lipinski definition) is 0. The van der Waals surface area contributed by atoms with Crippen LogP contribution in [-0.4, -0.2) is 36.2 Å². The zero-order chi connectivity index (χ0) is 24.3. The molecule has 8 heteroatoms. The summed E-state index contributed by atoms with van der Waals surface area (Å²) in [5, 5.41) is 0. The van der Waals surface area contributed by atoms with Gasteiger partial charge in [0.2, 0.25) is 0 Å². The lowest BCUT2D eigenvalue weighted by Crippen LogP contribution is -2.48. The van der Waals surface area contributed by atoms with Crippen LogP contribution in [0.5, 0.6) is 0 Å². The molecule has 176 valence electrons. The molecule has 0 radical (unpaired) electrons. The minimum Gasteiger partial charge on any atom is -0.465 e. The van der Waals surface area contributed by atoms with Crippen molar-refractivity contribution in [2.24, 2.45) is 0 Å². The van der Waals surface area contributed by atoms with Gasteiger partial charge < -0.3 is 9.47 Å².